The lowest BCUT2D eigenvalue weighted by Gasteiger charge is -2.23. The normalized spacial score (nSPS) is 13.0. The maximum Gasteiger partial charge on any atom is 0.165 e. The minimum Gasteiger partial charge on any atom is -0.490 e. The Bertz CT molecular complexity index is 427. The summed E-state index contributed by atoms with van der Waals surface area (Å²) < 4.78 is 16.9. The molecule has 21 heavy (non-hydrogen) atoms. The molecule has 1 atom stereocenters. The van der Waals surface area contributed by atoms with Gasteiger partial charge in [-0.2, -0.15) is 0 Å². The molecule has 120 valence electrons. The van der Waals surface area contributed by atoms with Gasteiger partial charge in [0.05, 0.1) is 12.7 Å². The highest BCUT2D eigenvalue weighted by Crippen LogP contribution is 2.32. The van der Waals surface area contributed by atoms with Gasteiger partial charge in [0.25, 0.3) is 0 Å². The quantitative estimate of drug-likeness (QED) is 0.798. The summed E-state index contributed by atoms with van der Waals surface area (Å²) in [7, 11) is 1.69. The van der Waals surface area contributed by atoms with Crippen LogP contribution in [0.2, 0.25) is 0 Å². The fourth-order valence-electron chi connectivity index (χ4n) is 1.76. The van der Waals surface area contributed by atoms with E-state index < -0.39 is 0 Å². The van der Waals surface area contributed by atoms with Crippen molar-refractivity contribution in [2.24, 2.45) is 0 Å². The van der Waals surface area contributed by atoms with E-state index in [1.807, 2.05) is 26.0 Å². The van der Waals surface area contributed by atoms with E-state index in [2.05, 4.69) is 32.2 Å². The lowest BCUT2D eigenvalue weighted by molar-refractivity contribution is 0.0698. The molecule has 0 saturated carbocycles. The van der Waals surface area contributed by atoms with Gasteiger partial charge >= 0.3 is 0 Å². The zero-order chi connectivity index (χ0) is 15.9. The first kappa shape index (κ1) is 17.8. The van der Waals surface area contributed by atoms with E-state index >= 15 is 0 Å². The zero-order valence-electron chi connectivity index (χ0n) is 14.2. The van der Waals surface area contributed by atoms with E-state index in [1.54, 1.807) is 7.11 Å². The van der Waals surface area contributed by atoms with Crippen LogP contribution in [0.1, 0.15) is 40.2 Å². The van der Waals surface area contributed by atoms with Crippen LogP contribution in [0.5, 0.6) is 11.5 Å². The predicted octanol–water partition coefficient (Wildman–Crippen LogP) is 3.39. The molecule has 4 nitrogen and oxygen atoms in total. The van der Waals surface area contributed by atoms with E-state index in [0.717, 1.165) is 23.6 Å². The number of hydrogen-bond donors (Lipinski definition) is 1. The number of methoxy groups -OCH3 is 1. The van der Waals surface area contributed by atoms with Crippen LogP contribution in [0.15, 0.2) is 18.2 Å². The Morgan fingerprint density at radius 1 is 1.19 bits per heavy atom. The van der Waals surface area contributed by atoms with Crippen LogP contribution in [0.3, 0.4) is 0 Å². The standard InChI is InChI=1S/C17H29NO3/c1-7-20-15-10-8-9-14(11-18-17(3,4)5)16(15)21-12-13(2)19-6/h8-10,13,18H,7,11-12H2,1-6H3. The molecule has 4 heteroatoms. The lowest BCUT2D eigenvalue weighted by atomic mass is 10.1. The summed E-state index contributed by atoms with van der Waals surface area (Å²) in [6, 6.07) is 6.00. The van der Waals surface area contributed by atoms with Gasteiger partial charge in [0, 0.05) is 24.8 Å². The Morgan fingerprint density at radius 2 is 1.90 bits per heavy atom. The van der Waals surface area contributed by atoms with Gasteiger partial charge in [0.15, 0.2) is 11.5 Å². The van der Waals surface area contributed by atoms with Crippen molar-refractivity contribution < 1.29 is 14.2 Å². The average Bonchev–Trinajstić information content (AvgIpc) is 2.43. The van der Waals surface area contributed by atoms with Crippen molar-refractivity contribution in [2.45, 2.75) is 52.8 Å². The van der Waals surface area contributed by atoms with Crippen LogP contribution in [-0.2, 0) is 11.3 Å². The summed E-state index contributed by atoms with van der Waals surface area (Å²) in [6.07, 6.45) is 0.0445. The highest BCUT2D eigenvalue weighted by atomic mass is 16.5. The summed E-state index contributed by atoms with van der Waals surface area (Å²) in [5.74, 6) is 1.59. The number of para-hydroxylation sites is 1. The van der Waals surface area contributed by atoms with Crippen molar-refractivity contribution in [3.8, 4) is 11.5 Å². The molecule has 0 aliphatic heterocycles. The molecule has 0 aromatic heterocycles. The van der Waals surface area contributed by atoms with Crippen molar-refractivity contribution in [1.29, 1.82) is 0 Å². The Labute approximate surface area is 128 Å². The van der Waals surface area contributed by atoms with Gasteiger partial charge in [-0.15, -0.1) is 0 Å². The topological polar surface area (TPSA) is 39.7 Å². The number of ether oxygens (including phenoxy) is 3. The largest absolute Gasteiger partial charge is 0.490 e. The summed E-state index contributed by atoms with van der Waals surface area (Å²) in [5, 5.41) is 3.48. The molecule has 1 aromatic carbocycles. The van der Waals surface area contributed by atoms with Gasteiger partial charge in [-0.25, -0.2) is 0 Å². The number of benzene rings is 1. The molecule has 1 rings (SSSR count). The van der Waals surface area contributed by atoms with Crippen molar-refractivity contribution >= 4 is 0 Å². The molecule has 0 aliphatic rings. The highest BCUT2D eigenvalue weighted by molar-refractivity contribution is 5.46. The molecule has 0 spiro atoms. The van der Waals surface area contributed by atoms with Crippen molar-refractivity contribution in [2.75, 3.05) is 20.3 Å². The first-order valence-corrected chi connectivity index (χ1v) is 7.52. The molecule has 0 aliphatic carbocycles. The van der Waals surface area contributed by atoms with E-state index in [1.165, 1.54) is 0 Å². The maximum atomic E-state index is 5.95. The van der Waals surface area contributed by atoms with E-state index in [4.69, 9.17) is 14.2 Å². The van der Waals surface area contributed by atoms with Crippen LogP contribution in [0, 0.1) is 0 Å². The van der Waals surface area contributed by atoms with Gasteiger partial charge in [-0.3, -0.25) is 0 Å². The fourth-order valence-corrected chi connectivity index (χ4v) is 1.76. The number of hydrogen-bond acceptors (Lipinski definition) is 4. The van der Waals surface area contributed by atoms with Crippen molar-refractivity contribution in [3.05, 3.63) is 23.8 Å². The summed E-state index contributed by atoms with van der Waals surface area (Å²) in [5.41, 5.74) is 1.15. The van der Waals surface area contributed by atoms with E-state index in [-0.39, 0.29) is 11.6 Å². The molecular formula is C17H29NO3. The average molecular weight is 295 g/mol. The molecule has 0 bridgehead atoms. The Hall–Kier alpha value is -1.26. The van der Waals surface area contributed by atoms with E-state index in [0.29, 0.717) is 13.2 Å². The predicted molar refractivity (Wildman–Crippen MR) is 86.2 cm³/mol. The van der Waals surface area contributed by atoms with Gasteiger partial charge in [0.2, 0.25) is 0 Å². The second-order valence-electron chi connectivity index (χ2n) is 6.14. The van der Waals surface area contributed by atoms with Crippen LogP contribution >= 0.6 is 0 Å². The van der Waals surface area contributed by atoms with Gasteiger partial charge < -0.3 is 19.5 Å². The third kappa shape index (κ3) is 6.36. The molecule has 0 amide bonds. The second-order valence-corrected chi connectivity index (χ2v) is 6.14. The summed E-state index contributed by atoms with van der Waals surface area (Å²) >= 11 is 0. The molecule has 1 aromatic rings. The van der Waals surface area contributed by atoms with Gasteiger partial charge in [-0.1, -0.05) is 12.1 Å². The molecule has 0 fully saturated rings. The monoisotopic (exact) mass is 295 g/mol. The molecule has 0 heterocycles. The number of rotatable bonds is 8. The minimum atomic E-state index is 0.0445. The van der Waals surface area contributed by atoms with Gasteiger partial charge in [0.1, 0.15) is 6.61 Å². The Kier molecular flexibility index (Phi) is 6.99. The lowest BCUT2D eigenvalue weighted by Crippen LogP contribution is -2.35. The molecule has 0 radical (unpaired) electrons. The molecule has 0 saturated heterocycles. The van der Waals surface area contributed by atoms with E-state index in [9.17, 15) is 0 Å². The Morgan fingerprint density at radius 3 is 2.48 bits per heavy atom. The molecule has 1 N–H and O–H groups in total. The zero-order valence-corrected chi connectivity index (χ0v) is 14.2. The maximum absolute atomic E-state index is 5.95. The third-order valence-electron chi connectivity index (χ3n) is 3.03. The summed E-state index contributed by atoms with van der Waals surface area (Å²) in [4.78, 5) is 0. The van der Waals surface area contributed by atoms with Crippen LogP contribution in [0.25, 0.3) is 0 Å². The van der Waals surface area contributed by atoms with Crippen LogP contribution < -0.4 is 14.8 Å². The number of nitrogens with one attached hydrogen (secondary N) is 1. The van der Waals surface area contributed by atoms with Crippen molar-refractivity contribution in [1.82, 2.24) is 5.32 Å². The van der Waals surface area contributed by atoms with Gasteiger partial charge in [-0.05, 0) is 40.7 Å². The fraction of sp³-hybridized carbons (Fsp3) is 0.647. The second kappa shape index (κ2) is 8.25. The van der Waals surface area contributed by atoms with Crippen LogP contribution in [0.4, 0.5) is 0 Å². The van der Waals surface area contributed by atoms with Crippen LogP contribution in [-0.4, -0.2) is 32.0 Å². The minimum absolute atomic E-state index is 0.0445. The third-order valence-corrected chi connectivity index (χ3v) is 3.03. The SMILES string of the molecule is CCOc1cccc(CNC(C)(C)C)c1OCC(C)OC. The molecular weight excluding hydrogens is 266 g/mol. The Balaban J connectivity index is 2.91. The highest BCUT2D eigenvalue weighted by Gasteiger charge is 2.15. The first-order chi connectivity index (χ1) is 9.87. The smallest absolute Gasteiger partial charge is 0.165 e. The summed E-state index contributed by atoms with van der Waals surface area (Å²) in [6.45, 7) is 12.3. The first-order valence-electron chi connectivity index (χ1n) is 7.52. The molecule has 1 unspecified atom stereocenters. The van der Waals surface area contributed by atoms with Crippen molar-refractivity contribution in [3.63, 3.8) is 0 Å².